The highest BCUT2D eigenvalue weighted by atomic mass is 32.1. The lowest BCUT2D eigenvalue weighted by Gasteiger charge is -2.15. The van der Waals surface area contributed by atoms with Crippen molar-refractivity contribution in [1.82, 2.24) is 20.4 Å². The minimum absolute atomic E-state index is 0.0941. The maximum absolute atomic E-state index is 12.6. The molecule has 3 N–H and O–H groups in total. The Morgan fingerprint density at radius 1 is 1.00 bits per heavy atom. The molecule has 1 aromatic carbocycles. The maximum Gasteiger partial charge on any atom is 0.307 e. The number of anilines is 1. The summed E-state index contributed by atoms with van der Waals surface area (Å²) in [5.74, 6) is 0.944. The van der Waals surface area contributed by atoms with Gasteiger partial charge in [-0.15, -0.1) is 10.2 Å². The highest BCUT2D eigenvalue weighted by Crippen LogP contribution is 2.35. The van der Waals surface area contributed by atoms with Crippen molar-refractivity contribution in [2.45, 2.75) is 66.9 Å². The van der Waals surface area contributed by atoms with Gasteiger partial charge in [0.1, 0.15) is 11.5 Å². The smallest absolute Gasteiger partial charge is 0.307 e. The number of rotatable bonds is 16. The SMILES string of the molecule is CC(C)Oc1cccc(OCCc2ccsc2)c1.CCOC(=O)CC.CCOC(=O)CCNP(=O)(NC)c1nnc(NC(C)=O)s1. The molecule has 256 valence electrons. The molecule has 0 aliphatic heterocycles. The van der Waals surface area contributed by atoms with Gasteiger partial charge >= 0.3 is 11.9 Å². The summed E-state index contributed by atoms with van der Waals surface area (Å²) in [4.78, 5) is 32.3. The summed E-state index contributed by atoms with van der Waals surface area (Å²) in [7, 11) is -1.65. The first kappa shape index (κ1) is 40.7. The molecule has 1 atom stereocenters. The zero-order valence-corrected chi connectivity index (χ0v) is 30.0. The van der Waals surface area contributed by atoms with Crippen LogP contribution in [0.1, 0.15) is 59.9 Å². The van der Waals surface area contributed by atoms with Crippen molar-refractivity contribution in [2.24, 2.45) is 0 Å². The molecule has 46 heavy (non-hydrogen) atoms. The highest BCUT2D eigenvalue weighted by molar-refractivity contribution is 7.73. The van der Waals surface area contributed by atoms with Gasteiger partial charge in [0, 0.05) is 32.4 Å². The topological polar surface area (TPSA) is 167 Å². The van der Waals surface area contributed by atoms with Crippen LogP contribution in [0.2, 0.25) is 0 Å². The molecule has 2 heterocycles. The van der Waals surface area contributed by atoms with Crippen LogP contribution in [0.3, 0.4) is 0 Å². The van der Waals surface area contributed by atoms with E-state index in [1.807, 2.05) is 38.1 Å². The van der Waals surface area contributed by atoms with Crippen LogP contribution in [0.25, 0.3) is 0 Å². The van der Waals surface area contributed by atoms with E-state index in [9.17, 15) is 18.9 Å². The van der Waals surface area contributed by atoms with Crippen LogP contribution in [0.15, 0.2) is 41.1 Å². The number of ether oxygens (including phenoxy) is 4. The first-order valence-electron chi connectivity index (χ1n) is 14.8. The van der Waals surface area contributed by atoms with Gasteiger partial charge in [-0.3, -0.25) is 24.0 Å². The highest BCUT2D eigenvalue weighted by Gasteiger charge is 2.27. The zero-order valence-electron chi connectivity index (χ0n) is 27.5. The lowest BCUT2D eigenvalue weighted by molar-refractivity contribution is -0.143. The number of esters is 2. The summed E-state index contributed by atoms with van der Waals surface area (Å²) >= 11 is 2.72. The van der Waals surface area contributed by atoms with E-state index in [0.29, 0.717) is 26.2 Å². The van der Waals surface area contributed by atoms with E-state index in [1.54, 1.807) is 32.1 Å². The predicted molar refractivity (Wildman–Crippen MR) is 182 cm³/mol. The summed E-state index contributed by atoms with van der Waals surface area (Å²) in [5, 5.41) is 19.9. The lowest BCUT2D eigenvalue weighted by Crippen LogP contribution is -2.29. The average Bonchev–Trinajstić information content (AvgIpc) is 3.70. The van der Waals surface area contributed by atoms with Crippen molar-refractivity contribution < 1.29 is 37.9 Å². The second kappa shape index (κ2) is 23.0. The summed E-state index contributed by atoms with van der Waals surface area (Å²) in [6, 6.07) is 9.93. The molecule has 1 amide bonds. The van der Waals surface area contributed by atoms with Gasteiger partial charge in [0.05, 0.1) is 32.3 Å². The van der Waals surface area contributed by atoms with Crippen LogP contribution in [0, 0.1) is 0 Å². The number of hydrogen-bond acceptors (Lipinski definition) is 12. The Morgan fingerprint density at radius 3 is 2.26 bits per heavy atom. The van der Waals surface area contributed by atoms with Crippen molar-refractivity contribution >= 4 is 57.8 Å². The Bertz CT molecular complexity index is 1350. The molecule has 0 bridgehead atoms. The van der Waals surface area contributed by atoms with E-state index in [-0.39, 0.29) is 46.8 Å². The summed E-state index contributed by atoms with van der Waals surface area (Å²) < 4.78 is 33.6. The molecule has 0 saturated carbocycles. The molecule has 16 heteroatoms. The third kappa shape index (κ3) is 17.4. The number of hydrogen-bond donors (Lipinski definition) is 3. The Kier molecular flexibility index (Phi) is 20.4. The third-order valence-corrected chi connectivity index (χ3v) is 9.61. The van der Waals surface area contributed by atoms with Gasteiger partial charge < -0.3 is 24.3 Å². The summed E-state index contributed by atoms with van der Waals surface area (Å²) in [6.45, 7) is 12.3. The molecule has 2 aromatic heterocycles. The fraction of sp³-hybridized carbons (Fsp3) is 0.500. The molecule has 3 rings (SSSR count). The lowest BCUT2D eigenvalue weighted by atomic mass is 10.2. The molecular formula is C30H46N5O8PS2. The largest absolute Gasteiger partial charge is 0.493 e. The molecule has 0 radical (unpaired) electrons. The van der Waals surface area contributed by atoms with Crippen LogP contribution < -0.4 is 29.7 Å². The zero-order chi connectivity index (χ0) is 34.4. The average molecular weight is 700 g/mol. The quantitative estimate of drug-likeness (QED) is 0.132. The molecular weight excluding hydrogens is 653 g/mol. The third-order valence-electron chi connectivity index (χ3n) is 5.26. The number of nitrogens with zero attached hydrogens (tertiary/aromatic N) is 2. The summed E-state index contributed by atoms with van der Waals surface area (Å²) in [5.41, 5.74) is 1.33. The second-order valence-electron chi connectivity index (χ2n) is 9.40. The Hall–Kier alpha value is -3.36. The van der Waals surface area contributed by atoms with Crippen molar-refractivity contribution in [1.29, 1.82) is 0 Å². The van der Waals surface area contributed by atoms with Gasteiger partial charge in [0.25, 0.3) is 7.44 Å². The number of thiophene rings is 1. The molecule has 1 unspecified atom stereocenters. The fourth-order valence-electron chi connectivity index (χ4n) is 3.23. The van der Waals surface area contributed by atoms with E-state index in [0.717, 1.165) is 29.3 Å². The molecule has 13 nitrogen and oxygen atoms in total. The van der Waals surface area contributed by atoms with Crippen LogP contribution in [0.4, 0.5) is 5.13 Å². The Labute approximate surface area is 279 Å². The molecule has 0 saturated heterocycles. The monoisotopic (exact) mass is 699 g/mol. The number of nitrogens with one attached hydrogen (secondary N) is 3. The van der Waals surface area contributed by atoms with E-state index in [4.69, 9.17) is 14.2 Å². The minimum atomic E-state index is -3.16. The van der Waals surface area contributed by atoms with Crippen molar-refractivity contribution in [3.63, 3.8) is 0 Å². The van der Waals surface area contributed by atoms with E-state index in [2.05, 4.69) is 47.3 Å². The molecule has 0 aliphatic carbocycles. The van der Waals surface area contributed by atoms with Crippen molar-refractivity contribution in [3.05, 3.63) is 46.7 Å². The van der Waals surface area contributed by atoms with Crippen LogP contribution in [-0.4, -0.2) is 67.6 Å². The van der Waals surface area contributed by atoms with Gasteiger partial charge in [0.15, 0.2) is 0 Å². The molecule has 0 spiro atoms. The van der Waals surface area contributed by atoms with Gasteiger partial charge in [-0.25, -0.2) is 5.09 Å². The maximum atomic E-state index is 12.6. The van der Waals surface area contributed by atoms with Gasteiger partial charge in [0.2, 0.25) is 15.8 Å². The summed E-state index contributed by atoms with van der Waals surface area (Å²) in [6.07, 6.45) is 1.70. The van der Waals surface area contributed by atoms with Gasteiger partial charge in [-0.2, -0.15) is 11.3 Å². The van der Waals surface area contributed by atoms with Crippen LogP contribution in [-0.2, 0) is 34.8 Å². The van der Waals surface area contributed by atoms with Crippen molar-refractivity contribution in [2.75, 3.05) is 38.7 Å². The molecule has 3 aromatic rings. The van der Waals surface area contributed by atoms with Crippen molar-refractivity contribution in [3.8, 4) is 11.5 Å². The standard InChI is InChI=1S/C15H18O2S.C10H18N5O4PS.C5H10O2/c1-12(2)17-15-5-3-4-14(10-15)16-8-6-13-7-9-18-11-13;1-4-19-8(17)5-6-12-20(18,11-3)10-15-14-9(21-10)13-7(2)16;1-3-5(6)7-4-2/h3-5,7,9-12H,6,8H2,1-2H3;4-6H2,1-3H3,(H2,11,12,18)(H,13,14,16);3-4H2,1-2H3. The number of benzene rings is 1. The first-order valence-corrected chi connectivity index (χ1v) is 18.3. The number of amides is 1. The van der Waals surface area contributed by atoms with Crippen LogP contribution >= 0.6 is 30.1 Å². The number of carbonyl (C=O) groups is 3. The molecule has 0 fully saturated rings. The van der Waals surface area contributed by atoms with E-state index in [1.165, 1.54) is 19.5 Å². The Balaban J connectivity index is 0.000000385. The number of aromatic nitrogens is 2. The fourth-order valence-corrected chi connectivity index (χ4v) is 6.79. The predicted octanol–water partition coefficient (Wildman–Crippen LogP) is 5.19. The number of carbonyl (C=O) groups excluding carboxylic acids is 3. The minimum Gasteiger partial charge on any atom is -0.493 e. The van der Waals surface area contributed by atoms with E-state index >= 15 is 0 Å². The Morgan fingerprint density at radius 2 is 1.70 bits per heavy atom. The normalized spacial score (nSPS) is 11.6. The van der Waals surface area contributed by atoms with E-state index < -0.39 is 7.44 Å². The van der Waals surface area contributed by atoms with Crippen LogP contribution in [0.5, 0.6) is 11.5 Å². The van der Waals surface area contributed by atoms with Gasteiger partial charge in [-0.1, -0.05) is 24.3 Å². The first-order chi connectivity index (χ1) is 22.0. The second-order valence-corrected chi connectivity index (χ2v) is 13.9. The van der Waals surface area contributed by atoms with Gasteiger partial charge in [-0.05, 0) is 69.3 Å². The molecule has 0 aliphatic rings.